The van der Waals surface area contributed by atoms with Gasteiger partial charge in [0, 0.05) is 16.5 Å². The molecule has 0 saturated carbocycles. The second-order valence-electron chi connectivity index (χ2n) is 16.0. The molecule has 12 rings (SSSR count). The van der Waals surface area contributed by atoms with Gasteiger partial charge in [0.05, 0.1) is 11.0 Å². The molecule has 0 fully saturated rings. The van der Waals surface area contributed by atoms with Crippen molar-refractivity contribution in [3.63, 3.8) is 0 Å². The Morgan fingerprint density at radius 2 is 0.639 bits per heavy atom. The summed E-state index contributed by atoms with van der Waals surface area (Å²) in [5.74, 6) is 0. The highest BCUT2D eigenvalue weighted by Gasteiger charge is 2.20. The van der Waals surface area contributed by atoms with Crippen molar-refractivity contribution >= 4 is 54.1 Å². The molecule has 0 amide bonds. The number of fused-ring (bicyclic) bond motifs is 7. The van der Waals surface area contributed by atoms with Gasteiger partial charge >= 0.3 is 0 Å². The van der Waals surface area contributed by atoms with Gasteiger partial charge in [-0.05, 0) is 136 Å². The first-order valence-electron chi connectivity index (χ1n) is 21.1. The maximum Gasteiger partial charge on any atom is 0.0541 e. The van der Waals surface area contributed by atoms with Crippen molar-refractivity contribution in [2.24, 2.45) is 0 Å². The van der Waals surface area contributed by atoms with Crippen LogP contribution in [0.3, 0.4) is 0 Å². The summed E-state index contributed by atoms with van der Waals surface area (Å²) in [5.41, 5.74) is 15.7. The molecule has 0 aliphatic rings. The summed E-state index contributed by atoms with van der Waals surface area (Å²) in [4.78, 5) is 0. The van der Waals surface area contributed by atoms with E-state index in [0.717, 1.165) is 5.69 Å². The summed E-state index contributed by atoms with van der Waals surface area (Å²) in [6, 6.07) is 86.9. The molecule has 284 valence electrons. The van der Waals surface area contributed by atoms with Gasteiger partial charge in [0.1, 0.15) is 0 Å². The summed E-state index contributed by atoms with van der Waals surface area (Å²) in [7, 11) is 0. The predicted molar refractivity (Wildman–Crippen MR) is 260 cm³/mol. The number of nitrogens with zero attached hydrogens (tertiary/aromatic N) is 1. The van der Waals surface area contributed by atoms with Crippen molar-refractivity contribution in [1.29, 1.82) is 0 Å². The number of rotatable bonds is 6. The molecule has 1 heteroatoms. The van der Waals surface area contributed by atoms with E-state index in [9.17, 15) is 0 Å². The largest absolute Gasteiger partial charge is 0.309 e. The van der Waals surface area contributed by atoms with Crippen LogP contribution in [0.25, 0.3) is 115 Å². The van der Waals surface area contributed by atoms with E-state index in [4.69, 9.17) is 0 Å². The average Bonchev–Trinajstić information content (AvgIpc) is 3.68. The first-order valence-corrected chi connectivity index (χ1v) is 21.1. The normalized spacial score (nSPS) is 11.6. The lowest BCUT2D eigenvalue weighted by atomic mass is 9.82. The quantitative estimate of drug-likeness (QED) is 0.148. The third-order valence-corrected chi connectivity index (χ3v) is 12.6. The number of hydrogen-bond acceptors (Lipinski definition) is 0. The molecule has 0 radical (unpaired) electrons. The van der Waals surface area contributed by atoms with E-state index in [1.807, 2.05) is 0 Å². The number of para-hydroxylation sites is 2. The smallest absolute Gasteiger partial charge is 0.0541 e. The maximum absolute atomic E-state index is 2.45. The molecule has 1 heterocycles. The lowest BCUT2D eigenvalue weighted by Crippen LogP contribution is -1.94. The van der Waals surface area contributed by atoms with Crippen LogP contribution >= 0.6 is 0 Å². The molecule has 1 nitrogen and oxygen atoms in total. The van der Waals surface area contributed by atoms with Crippen LogP contribution in [0.2, 0.25) is 0 Å². The summed E-state index contributed by atoms with van der Waals surface area (Å²) < 4.78 is 2.38. The van der Waals surface area contributed by atoms with E-state index in [1.165, 1.54) is 110 Å². The maximum atomic E-state index is 2.45. The van der Waals surface area contributed by atoms with E-state index < -0.39 is 0 Å². The fourth-order valence-corrected chi connectivity index (χ4v) is 9.74. The van der Waals surface area contributed by atoms with Gasteiger partial charge in [-0.25, -0.2) is 0 Å². The van der Waals surface area contributed by atoms with Crippen LogP contribution < -0.4 is 0 Å². The molecular formula is C60H39N. The fourth-order valence-electron chi connectivity index (χ4n) is 9.74. The topological polar surface area (TPSA) is 4.93 Å². The Labute approximate surface area is 355 Å². The van der Waals surface area contributed by atoms with Gasteiger partial charge in [-0.15, -0.1) is 0 Å². The molecular weight excluding hydrogens is 735 g/mol. The minimum atomic E-state index is 1.15. The second kappa shape index (κ2) is 14.4. The van der Waals surface area contributed by atoms with Gasteiger partial charge in [-0.1, -0.05) is 188 Å². The highest BCUT2D eigenvalue weighted by Crippen LogP contribution is 2.47. The standard InChI is InChI=1S/C60H39N/c1-4-16-41(17-5-1)53-36-44-22-10-11-23-45(44)37-54(53)47-31-35-50-49-34-30-46(38-55(49)59(42-18-6-2-7-19-42)60(56(50)39-47)43-20-8-3-9-21-43)40-28-32-48(33-29-40)61-57-26-14-12-24-51(57)52-25-13-15-27-58(52)61/h1-39H. The van der Waals surface area contributed by atoms with E-state index in [0.29, 0.717) is 0 Å². The summed E-state index contributed by atoms with van der Waals surface area (Å²) >= 11 is 0. The fraction of sp³-hybridized carbons (Fsp3) is 0. The van der Waals surface area contributed by atoms with E-state index in [1.54, 1.807) is 0 Å². The zero-order chi connectivity index (χ0) is 40.3. The number of aromatic nitrogens is 1. The van der Waals surface area contributed by atoms with Crippen LogP contribution in [0.4, 0.5) is 0 Å². The Kier molecular flexibility index (Phi) is 8.25. The summed E-state index contributed by atoms with van der Waals surface area (Å²) in [6.45, 7) is 0. The third kappa shape index (κ3) is 5.86. The Hall–Kier alpha value is -8.00. The highest BCUT2D eigenvalue weighted by atomic mass is 15.0. The average molecular weight is 774 g/mol. The zero-order valence-electron chi connectivity index (χ0n) is 33.5. The minimum absolute atomic E-state index is 1.15. The molecule has 1 aromatic heterocycles. The first kappa shape index (κ1) is 35.0. The molecule has 0 N–H and O–H groups in total. The molecule has 0 atom stereocenters. The molecule has 12 aromatic rings. The van der Waals surface area contributed by atoms with Crippen molar-refractivity contribution in [2.75, 3.05) is 0 Å². The lowest BCUT2D eigenvalue weighted by Gasteiger charge is -2.21. The molecule has 0 bridgehead atoms. The van der Waals surface area contributed by atoms with Gasteiger partial charge in [-0.3, -0.25) is 0 Å². The predicted octanol–water partition coefficient (Wildman–Crippen LogP) is 16.6. The van der Waals surface area contributed by atoms with Crippen LogP contribution in [0.15, 0.2) is 237 Å². The van der Waals surface area contributed by atoms with Crippen LogP contribution in [0.5, 0.6) is 0 Å². The summed E-state index contributed by atoms with van der Waals surface area (Å²) in [6.07, 6.45) is 0. The van der Waals surface area contributed by atoms with Crippen molar-refractivity contribution in [3.05, 3.63) is 237 Å². The van der Waals surface area contributed by atoms with Gasteiger partial charge in [0.15, 0.2) is 0 Å². The van der Waals surface area contributed by atoms with Gasteiger partial charge in [-0.2, -0.15) is 0 Å². The number of benzene rings is 11. The minimum Gasteiger partial charge on any atom is -0.309 e. The molecule has 61 heavy (non-hydrogen) atoms. The van der Waals surface area contributed by atoms with E-state index in [-0.39, 0.29) is 0 Å². The Bertz CT molecular complexity index is 3550. The number of hydrogen-bond donors (Lipinski definition) is 0. The molecule has 0 aliphatic heterocycles. The van der Waals surface area contributed by atoms with Crippen molar-refractivity contribution in [3.8, 4) is 61.3 Å². The van der Waals surface area contributed by atoms with E-state index >= 15 is 0 Å². The SMILES string of the molecule is c1ccc(-c2cc3ccccc3cc2-c2ccc3c(c2)c(-c2ccccc2)c(-c2ccccc2)c2cc(-c4ccc(-n5c6ccccc6c6ccccc65)cc4)ccc23)cc1. The molecule has 0 saturated heterocycles. The molecule has 0 aliphatic carbocycles. The first-order chi connectivity index (χ1) is 30.3. The van der Waals surface area contributed by atoms with Crippen molar-refractivity contribution < 1.29 is 0 Å². The van der Waals surface area contributed by atoms with Crippen LogP contribution in [0.1, 0.15) is 0 Å². The summed E-state index contributed by atoms with van der Waals surface area (Å²) in [5, 5.41) is 9.99. The molecule has 11 aromatic carbocycles. The van der Waals surface area contributed by atoms with E-state index in [2.05, 4.69) is 241 Å². The van der Waals surface area contributed by atoms with Crippen molar-refractivity contribution in [2.45, 2.75) is 0 Å². The van der Waals surface area contributed by atoms with Crippen LogP contribution in [0, 0.1) is 0 Å². The van der Waals surface area contributed by atoms with Gasteiger partial charge in [0.25, 0.3) is 0 Å². The lowest BCUT2D eigenvalue weighted by molar-refractivity contribution is 1.18. The Morgan fingerprint density at radius 1 is 0.230 bits per heavy atom. The highest BCUT2D eigenvalue weighted by molar-refractivity contribution is 6.23. The van der Waals surface area contributed by atoms with Crippen LogP contribution in [-0.4, -0.2) is 4.57 Å². The second-order valence-corrected chi connectivity index (χ2v) is 16.0. The van der Waals surface area contributed by atoms with Gasteiger partial charge < -0.3 is 4.57 Å². The third-order valence-electron chi connectivity index (χ3n) is 12.6. The monoisotopic (exact) mass is 773 g/mol. The Morgan fingerprint density at radius 3 is 1.18 bits per heavy atom. The molecule has 0 unspecified atom stereocenters. The van der Waals surface area contributed by atoms with Crippen molar-refractivity contribution in [1.82, 2.24) is 4.57 Å². The zero-order valence-corrected chi connectivity index (χ0v) is 33.5. The van der Waals surface area contributed by atoms with Gasteiger partial charge in [0.2, 0.25) is 0 Å². The Balaban J connectivity index is 1.09. The molecule has 0 spiro atoms. The van der Waals surface area contributed by atoms with Crippen LogP contribution in [-0.2, 0) is 0 Å².